The van der Waals surface area contributed by atoms with Crippen molar-refractivity contribution in [1.29, 1.82) is 0 Å². The summed E-state index contributed by atoms with van der Waals surface area (Å²) in [6, 6.07) is 7.95. The van der Waals surface area contributed by atoms with Gasteiger partial charge in [0.2, 0.25) is 0 Å². The second-order valence-electron chi connectivity index (χ2n) is 5.69. The summed E-state index contributed by atoms with van der Waals surface area (Å²) >= 11 is 0. The van der Waals surface area contributed by atoms with Crippen molar-refractivity contribution in [2.24, 2.45) is 15.0 Å². The molecule has 30 heavy (non-hydrogen) atoms. The molecule has 3 nitrogen and oxygen atoms in total. The van der Waals surface area contributed by atoms with E-state index in [2.05, 4.69) is 54.5 Å². The van der Waals surface area contributed by atoms with Gasteiger partial charge in [-0.2, -0.15) is 0 Å². The van der Waals surface area contributed by atoms with Gasteiger partial charge in [-0.05, 0) is 29.4 Å². The van der Waals surface area contributed by atoms with E-state index in [0.29, 0.717) is 5.71 Å². The molecule has 0 bridgehead atoms. The van der Waals surface area contributed by atoms with Crippen LogP contribution in [0.15, 0.2) is 145 Å². The molecule has 0 unspecified atom stereocenters. The minimum absolute atomic E-state index is 0.681. The van der Waals surface area contributed by atoms with Gasteiger partial charge in [0.25, 0.3) is 0 Å². The van der Waals surface area contributed by atoms with E-state index >= 15 is 0 Å². The highest BCUT2D eigenvalue weighted by Gasteiger charge is 2.07. The molecule has 150 valence electrons. The lowest BCUT2D eigenvalue weighted by molar-refractivity contribution is 1.52. The minimum atomic E-state index is 0.681. The summed E-state index contributed by atoms with van der Waals surface area (Å²) in [5.41, 5.74) is 5.04. The second-order valence-corrected chi connectivity index (χ2v) is 5.69. The van der Waals surface area contributed by atoms with E-state index in [9.17, 15) is 0 Å². The first-order valence-electron chi connectivity index (χ1n) is 9.23. The summed E-state index contributed by atoms with van der Waals surface area (Å²) in [4.78, 5) is 12.7. The standard InChI is InChI=1S/C27H27N3/c1-7-13-18-26(29-11-5)22(9-3)19-23(15-8-2)24-16-14-17-25(20-24)27(30-12-6)21-28-10-4/h7-21H,1-6H2/b18-13-,22-19+,23-15+,28-21?,29-26?,30-27?. The fourth-order valence-electron chi connectivity index (χ4n) is 2.49. The van der Waals surface area contributed by atoms with Gasteiger partial charge in [-0.1, -0.05) is 88.1 Å². The summed E-state index contributed by atoms with van der Waals surface area (Å²) < 4.78 is 0. The molecule has 1 rings (SSSR count). The molecule has 0 aromatic heterocycles. The summed E-state index contributed by atoms with van der Waals surface area (Å²) in [5, 5.41) is 0. The highest BCUT2D eigenvalue weighted by Crippen LogP contribution is 2.21. The Morgan fingerprint density at radius 3 is 2.17 bits per heavy atom. The van der Waals surface area contributed by atoms with E-state index in [1.807, 2.05) is 48.6 Å². The lowest BCUT2D eigenvalue weighted by atomic mass is 9.97. The summed E-state index contributed by atoms with van der Waals surface area (Å²) in [6.07, 6.45) is 18.8. The maximum absolute atomic E-state index is 4.34. The second kappa shape index (κ2) is 14.0. The monoisotopic (exact) mass is 393 g/mol. The maximum Gasteiger partial charge on any atom is 0.0884 e. The summed E-state index contributed by atoms with van der Waals surface area (Å²) in [7, 11) is 0. The van der Waals surface area contributed by atoms with Crippen LogP contribution in [0.3, 0.4) is 0 Å². The molecule has 0 saturated heterocycles. The molecule has 0 aliphatic carbocycles. The van der Waals surface area contributed by atoms with Crippen molar-refractivity contribution in [1.82, 2.24) is 0 Å². The molecule has 0 radical (unpaired) electrons. The lowest BCUT2D eigenvalue weighted by Gasteiger charge is -2.09. The van der Waals surface area contributed by atoms with Gasteiger partial charge < -0.3 is 0 Å². The van der Waals surface area contributed by atoms with E-state index in [1.165, 1.54) is 18.6 Å². The SMILES string of the molecule is C=C/C=C\C(=NC=C)/C(C=C)=C/C(=C\C=C)c1cccc(C(C=NC=C)=NC=C)c1. The van der Waals surface area contributed by atoms with E-state index in [4.69, 9.17) is 0 Å². The van der Waals surface area contributed by atoms with Gasteiger partial charge in [0.15, 0.2) is 0 Å². The summed E-state index contributed by atoms with van der Waals surface area (Å²) in [6.45, 7) is 22.5. The highest BCUT2D eigenvalue weighted by atomic mass is 14.7. The normalized spacial score (nSPS) is 13.3. The van der Waals surface area contributed by atoms with Crippen molar-refractivity contribution in [2.75, 3.05) is 0 Å². The van der Waals surface area contributed by atoms with Crippen molar-refractivity contribution >= 4 is 23.2 Å². The number of nitrogens with zero attached hydrogens (tertiary/aromatic N) is 3. The van der Waals surface area contributed by atoms with Crippen LogP contribution in [-0.4, -0.2) is 17.6 Å². The van der Waals surface area contributed by atoms with Gasteiger partial charge in [0.05, 0.1) is 17.6 Å². The van der Waals surface area contributed by atoms with Crippen LogP contribution in [0.25, 0.3) is 5.57 Å². The van der Waals surface area contributed by atoms with Gasteiger partial charge in [-0.3, -0.25) is 15.0 Å². The Bertz CT molecular complexity index is 993. The van der Waals surface area contributed by atoms with Crippen LogP contribution in [0.5, 0.6) is 0 Å². The van der Waals surface area contributed by atoms with Crippen molar-refractivity contribution in [2.45, 2.75) is 0 Å². The van der Waals surface area contributed by atoms with E-state index in [0.717, 1.165) is 28.0 Å². The first-order valence-corrected chi connectivity index (χ1v) is 9.23. The Kier molecular flexibility index (Phi) is 11.1. The maximum atomic E-state index is 4.34. The van der Waals surface area contributed by atoms with Crippen LogP contribution in [0.1, 0.15) is 11.1 Å². The first kappa shape index (κ1) is 23.9. The Balaban J connectivity index is 3.57. The molecule has 0 spiro atoms. The molecule has 0 saturated carbocycles. The van der Waals surface area contributed by atoms with Crippen LogP contribution in [0, 0.1) is 0 Å². The first-order chi connectivity index (χ1) is 14.6. The molecule has 1 aromatic rings. The number of rotatable bonds is 12. The number of aliphatic imine (C=N–C) groups is 3. The van der Waals surface area contributed by atoms with Gasteiger partial charge in [-0.25, -0.2) is 0 Å². The average Bonchev–Trinajstić information content (AvgIpc) is 2.77. The van der Waals surface area contributed by atoms with Crippen molar-refractivity contribution in [3.63, 3.8) is 0 Å². The van der Waals surface area contributed by atoms with Crippen LogP contribution >= 0.6 is 0 Å². The molecule has 0 aliphatic rings. The van der Waals surface area contributed by atoms with Crippen molar-refractivity contribution in [3.05, 3.63) is 142 Å². The third-order valence-corrected chi connectivity index (χ3v) is 3.77. The fraction of sp³-hybridized carbons (Fsp3) is 0. The third-order valence-electron chi connectivity index (χ3n) is 3.77. The fourth-order valence-corrected chi connectivity index (χ4v) is 2.49. The zero-order valence-corrected chi connectivity index (χ0v) is 17.2. The number of hydrogen-bond acceptors (Lipinski definition) is 3. The molecule has 0 N–H and O–H groups in total. The summed E-state index contributed by atoms with van der Waals surface area (Å²) in [5.74, 6) is 0. The topological polar surface area (TPSA) is 37.1 Å². The Labute approximate surface area is 180 Å². The van der Waals surface area contributed by atoms with Crippen LogP contribution in [-0.2, 0) is 0 Å². The van der Waals surface area contributed by atoms with Crippen LogP contribution in [0.4, 0.5) is 0 Å². The molecular formula is C27H27N3. The molecule has 1 aromatic carbocycles. The van der Waals surface area contributed by atoms with E-state index in [-0.39, 0.29) is 0 Å². The largest absolute Gasteiger partial charge is 0.263 e. The van der Waals surface area contributed by atoms with Crippen LogP contribution < -0.4 is 0 Å². The van der Waals surface area contributed by atoms with Crippen molar-refractivity contribution in [3.8, 4) is 0 Å². The Hall–Kier alpha value is -4.11. The van der Waals surface area contributed by atoms with Gasteiger partial charge in [0, 0.05) is 29.7 Å². The van der Waals surface area contributed by atoms with Crippen LogP contribution in [0.2, 0.25) is 0 Å². The minimum Gasteiger partial charge on any atom is -0.263 e. The van der Waals surface area contributed by atoms with E-state index in [1.54, 1.807) is 24.4 Å². The predicted molar refractivity (Wildman–Crippen MR) is 135 cm³/mol. The molecular weight excluding hydrogens is 366 g/mol. The quantitative estimate of drug-likeness (QED) is 0.275. The molecule has 3 heteroatoms. The zero-order valence-electron chi connectivity index (χ0n) is 17.2. The van der Waals surface area contributed by atoms with Gasteiger partial charge in [0.1, 0.15) is 0 Å². The third kappa shape index (κ3) is 7.49. The Morgan fingerprint density at radius 1 is 0.833 bits per heavy atom. The van der Waals surface area contributed by atoms with E-state index < -0.39 is 0 Å². The molecule has 0 atom stereocenters. The Morgan fingerprint density at radius 2 is 1.57 bits per heavy atom. The number of benzene rings is 1. The zero-order chi connectivity index (χ0) is 22.2. The predicted octanol–water partition coefficient (Wildman–Crippen LogP) is 6.84. The molecule has 0 aliphatic heterocycles. The molecule has 0 heterocycles. The molecule has 0 amide bonds. The highest BCUT2D eigenvalue weighted by molar-refractivity contribution is 6.38. The average molecular weight is 394 g/mol. The van der Waals surface area contributed by atoms with Gasteiger partial charge >= 0.3 is 0 Å². The van der Waals surface area contributed by atoms with Crippen molar-refractivity contribution < 1.29 is 0 Å². The number of hydrogen-bond donors (Lipinski definition) is 0. The molecule has 0 fully saturated rings. The lowest BCUT2D eigenvalue weighted by Crippen LogP contribution is -2.03. The smallest absolute Gasteiger partial charge is 0.0884 e. The number of allylic oxidation sites excluding steroid dienone is 9. The van der Waals surface area contributed by atoms with Gasteiger partial charge in [-0.15, -0.1) is 0 Å².